The van der Waals surface area contributed by atoms with Crippen LogP contribution in [0.2, 0.25) is 0 Å². The van der Waals surface area contributed by atoms with Gasteiger partial charge in [-0.3, -0.25) is 18.7 Å². The first-order chi connectivity index (χ1) is 24.5. The van der Waals surface area contributed by atoms with Gasteiger partial charge in [0.25, 0.3) is 32.1 Å². The summed E-state index contributed by atoms with van der Waals surface area (Å²) in [5.41, 5.74) is 1.85. The van der Waals surface area contributed by atoms with Gasteiger partial charge in [-0.05, 0) is 95.7 Å². The Balaban J connectivity index is 1.03. The van der Waals surface area contributed by atoms with Crippen molar-refractivity contribution < 1.29 is 50.5 Å². The molecule has 0 fully saturated rings. The van der Waals surface area contributed by atoms with Crippen LogP contribution in [0.5, 0.6) is 11.5 Å². The van der Waals surface area contributed by atoms with Crippen molar-refractivity contribution in [3.8, 4) is 11.5 Å². The maximum Gasteiger partial charge on any atom is 0.323 e. The van der Waals surface area contributed by atoms with Gasteiger partial charge in [0.15, 0.2) is 0 Å². The van der Waals surface area contributed by atoms with Crippen molar-refractivity contribution in [2.45, 2.75) is 9.79 Å². The highest BCUT2D eigenvalue weighted by Gasteiger charge is 2.16. The molecule has 6 aromatic carbocycles. The van der Waals surface area contributed by atoms with E-state index in [0.29, 0.717) is 33.5 Å². The number of hydrogen-bond acceptors (Lipinski definition) is 9. The third-order valence-electron chi connectivity index (χ3n) is 7.73. The summed E-state index contributed by atoms with van der Waals surface area (Å²) in [6.45, 7) is 0. The smallest absolute Gasteiger partial charge is 0.323 e. The van der Waals surface area contributed by atoms with Crippen molar-refractivity contribution in [3.63, 3.8) is 0 Å². The average molecular weight is 743 g/mol. The molecule has 0 aromatic heterocycles. The molecular formula is C35H26N4O11S2. The summed E-state index contributed by atoms with van der Waals surface area (Å²) in [4.78, 5) is 37.3. The average Bonchev–Trinajstić information content (AvgIpc) is 3.08. The van der Waals surface area contributed by atoms with Crippen molar-refractivity contribution in [3.05, 3.63) is 120 Å². The fourth-order valence-electron chi connectivity index (χ4n) is 5.19. The van der Waals surface area contributed by atoms with Gasteiger partial charge in [-0.25, -0.2) is 4.79 Å². The molecule has 0 atom stereocenters. The minimum Gasteiger partial charge on any atom is -0.507 e. The molecule has 15 nitrogen and oxygen atoms in total. The number of benzene rings is 6. The van der Waals surface area contributed by atoms with Gasteiger partial charge in [-0.2, -0.15) is 16.8 Å². The van der Waals surface area contributed by atoms with E-state index in [1.165, 1.54) is 97.1 Å². The number of hydrogen-bond donors (Lipinski definition) is 8. The SMILES string of the molecule is O=C(Nc1ccc(C(=O)Nc2ccc3cc(S(=O)(=O)O)cc(O)c3c2)cc1)Nc1ccc(C(=O)Nc2ccc3cc(S(=O)(=O)O)cc(O)c3c2)cc1. The number of aromatic hydroxyl groups is 2. The van der Waals surface area contributed by atoms with Gasteiger partial charge in [0, 0.05) is 56.8 Å². The zero-order chi connectivity index (χ0) is 37.4. The first-order valence-corrected chi connectivity index (χ1v) is 17.8. The number of phenols is 2. The van der Waals surface area contributed by atoms with Crippen molar-refractivity contribution in [2.24, 2.45) is 0 Å². The second-order valence-corrected chi connectivity index (χ2v) is 14.2. The highest BCUT2D eigenvalue weighted by molar-refractivity contribution is 7.86. The van der Waals surface area contributed by atoms with E-state index in [1.807, 2.05) is 0 Å². The van der Waals surface area contributed by atoms with E-state index in [0.717, 1.165) is 12.1 Å². The van der Waals surface area contributed by atoms with Crippen molar-refractivity contribution in [1.82, 2.24) is 0 Å². The number of rotatable bonds is 8. The Labute approximate surface area is 295 Å². The molecule has 0 spiro atoms. The van der Waals surface area contributed by atoms with Crippen LogP contribution in [0, 0.1) is 0 Å². The third kappa shape index (κ3) is 7.92. The number of phenolic OH excluding ortho intramolecular Hbond substituents is 2. The standard InChI is InChI=1S/C35H26N4O11S2/c40-31-17-27(51(45,46)47)13-21-5-11-25(15-29(21)31)36-33(42)19-1-7-23(8-2-19)38-35(44)39-24-9-3-20(4-10-24)34(43)37-26-12-6-22-14-28(52(48,49)50)18-32(41)30(22)16-26/h1-18,40-41H,(H,36,42)(H,37,43)(H2,38,39,44)(H,45,46,47)(H,48,49,50). The summed E-state index contributed by atoms with van der Waals surface area (Å²) < 4.78 is 64.2. The second-order valence-electron chi connectivity index (χ2n) is 11.3. The lowest BCUT2D eigenvalue weighted by Gasteiger charge is -2.11. The number of amides is 4. The van der Waals surface area contributed by atoms with Crippen LogP contribution < -0.4 is 21.3 Å². The van der Waals surface area contributed by atoms with Gasteiger partial charge < -0.3 is 31.5 Å². The van der Waals surface area contributed by atoms with Crippen LogP contribution in [0.3, 0.4) is 0 Å². The highest BCUT2D eigenvalue weighted by atomic mass is 32.2. The van der Waals surface area contributed by atoms with Crippen LogP contribution in [0.1, 0.15) is 20.7 Å². The van der Waals surface area contributed by atoms with Gasteiger partial charge in [0.05, 0.1) is 9.79 Å². The number of anilines is 4. The summed E-state index contributed by atoms with van der Waals surface area (Å²) in [5.74, 6) is -1.80. The van der Waals surface area contributed by atoms with Gasteiger partial charge in [-0.1, -0.05) is 12.1 Å². The first-order valence-electron chi connectivity index (χ1n) is 14.9. The molecule has 6 aromatic rings. The van der Waals surface area contributed by atoms with E-state index in [2.05, 4.69) is 21.3 Å². The maximum absolute atomic E-state index is 12.8. The van der Waals surface area contributed by atoms with Gasteiger partial charge in [-0.15, -0.1) is 0 Å². The molecule has 264 valence electrons. The molecule has 0 heterocycles. The number of carbonyl (C=O) groups is 3. The predicted octanol–water partition coefficient (Wildman–Crippen LogP) is 6.05. The molecular weight excluding hydrogens is 717 g/mol. The van der Waals surface area contributed by atoms with Crippen LogP contribution >= 0.6 is 0 Å². The highest BCUT2D eigenvalue weighted by Crippen LogP contribution is 2.32. The van der Waals surface area contributed by atoms with Crippen LogP contribution in [-0.2, 0) is 20.2 Å². The summed E-state index contributed by atoms with van der Waals surface area (Å²) in [6.07, 6.45) is 0. The molecule has 4 amide bonds. The molecule has 6 rings (SSSR count). The summed E-state index contributed by atoms with van der Waals surface area (Å²) in [5, 5.41) is 32.3. The summed E-state index contributed by atoms with van der Waals surface area (Å²) in [6, 6.07) is 24.3. The number of nitrogens with one attached hydrogen (secondary N) is 4. The normalized spacial score (nSPS) is 11.6. The lowest BCUT2D eigenvalue weighted by molar-refractivity contribution is 0.101. The minimum absolute atomic E-state index is 0.248. The van der Waals surface area contributed by atoms with Crippen molar-refractivity contribution >= 4 is 82.4 Å². The molecule has 17 heteroatoms. The Kier molecular flexibility index (Phi) is 9.26. The van der Waals surface area contributed by atoms with E-state index < -0.39 is 59.4 Å². The van der Waals surface area contributed by atoms with Crippen LogP contribution in [-0.4, -0.2) is 54.0 Å². The largest absolute Gasteiger partial charge is 0.507 e. The Morgan fingerprint density at radius 1 is 0.442 bits per heavy atom. The van der Waals surface area contributed by atoms with Crippen LogP contribution in [0.4, 0.5) is 27.5 Å². The summed E-state index contributed by atoms with van der Waals surface area (Å²) >= 11 is 0. The van der Waals surface area contributed by atoms with E-state index >= 15 is 0 Å². The molecule has 0 saturated heterocycles. The molecule has 0 radical (unpaired) electrons. The first kappa shape index (κ1) is 35.3. The Morgan fingerprint density at radius 2 is 0.788 bits per heavy atom. The van der Waals surface area contributed by atoms with Crippen LogP contribution in [0.15, 0.2) is 119 Å². The van der Waals surface area contributed by atoms with Gasteiger partial charge in [0.1, 0.15) is 11.5 Å². The molecule has 0 bridgehead atoms. The van der Waals surface area contributed by atoms with Crippen molar-refractivity contribution in [1.29, 1.82) is 0 Å². The molecule has 8 N–H and O–H groups in total. The quantitative estimate of drug-likeness (QED) is 0.0834. The Hall–Kier alpha value is -6.53. The Bertz CT molecular complexity index is 2460. The van der Waals surface area contributed by atoms with E-state index in [1.54, 1.807) is 0 Å². The zero-order valence-corrected chi connectivity index (χ0v) is 28.0. The molecule has 0 aliphatic heterocycles. The number of fused-ring (bicyclic) bond motifs is 2. The lowest BCUT2D eigenvalue weighted by atomic mass is 10.1. The van der Waals surface area contributed by atoms with Crippen LogP contribution in [0.25, 0.3) is 21.5 Å². The minimum atomic E-state index is -4.53. The topological polar surface area (TPSA) is 249 Å². The van der Waals surface area contributed by atoms with E-state index in [-0.39, 0.29) is 21.9 Å². The lowest BCUT2D eigenvalue weighted by Crippen LogP contribution is -2.19. The molecule has 0 saturated carbocycles. The monoisotopic (exact) mass is 742 g/mol. The molecule has 0 aliphatic rings. The van der Waals surface area contributed by atoms with Crippen molar-refractivity contribution in [2.75, 3.05) is 21.3 Å². The molecule has 52 heavy (non-hydrogen) atoms. The fraction of sp³-hybridized carbons (Fsp3) is 0. The Morgan fingerprint density at radius 3 is 1.13 bits per heavy atom. The third-order valence-corrected chi connectivity index (χ3v) is 9.40. The molecule has 0 unspecified atom stereocenters. The predicted molar refractivity (Wildman–Crippen MR) is 192 cm³/mol. The van der Waals surface area contributed by atoms with Gasteiger partial charge >= 0.3 is 6.03 Å². The maximum atomic E-state index is 12.8. The second kappa shape index (κ2) is 13.6. The van der Waals surface area contributed by atoms with Gasteiger partial charge in [0.2, 0.25) is 0 Å². The summed E-state index contributed by atoms with van der Waals surface area (Å²) in [7, 11) is -9.05. The zero-order valence-electron chi connectivity index (χ0n) is 26.4. The molecule has 0 aliphatic carbocycles. The fourth-order valence-corrected chi connectivity index (χ4v) is 6.26. The van der Waals surface area contributed by atoms with E-state index in [4.69, 9.17) is 0 Å². The number of urea groups is 1. The van der Waals surface area contributed by atoms with E-state index in [9.17, 15) is 50.5 Å². The number of carbonyl (C=O) groups excluding carboxylic acids is 3.